The third kappa shape index (κ3) is 2.77. The summed E-state index contributed by atoms with van der Waals surface area (Å²) in [4.78, 5) is 2.66. The van der Waals surface area contributed by atoms with Gasteiger partial charge in [0.15, 0.2) is 0 Å². The van der Waals surface area contributed by atoms with Crippen LogP contribution in [0, 0.1) is 5.92 Å². The van der Waals surface area contributed by atoms with E-state index in [4.69, 9.17) is 4.74 Å². The van der Waals surface area contributed by atoms with E-state index in [9.17, 15) is 0 Å². The van der Waals surface area contributed by atoms with Crippen molar-refractivity contribution in [3.05, 3.63) is 29.8 Å². The monoisotopic (exact) mass is 260 g/mol. The van der Waals surface area contributed by atoms with Crippen LogP contribution in [0.1, 0.15) is 31.4 Å². The molecule has 0 aliphatic carbocycles. The van der Waals surface area contributed by atoms with Gasteiger partial charge in [0.2, 0.25) is 0 Å². The van der Waals surface area contributed by atoms with E-state index in [1.54, 1.807) is 0 Å². The van der Waals surface area contributed by atoms with Gasteiger partial charge < -0.3 is 10.1 Å². The molecule has 1 saturated heterocycles. The fourth-order valence-corrected chi connectivity index (χ4v) is 3.36. The van der Waals surface area contributed by atoms with Gasteiger partial charge in [0.25, 0.3) is 0 Å². The molecule has 3 rings (SSSR count). The van der Waals surface area contributed by atoms with Gasteiger partial charge in [0.1, 0.15) is 5.75 Å². The van der Waals surface area contributed by atoms with Crippen molar-refractivity contribution in [3.8, 4) is 5.75 Å². The molecule has 1 aromatic carbocycles. The van der Waals surface area contributed by atoms with E-state index >= 15 is 0 Å². The maximum Gasteiger partial charge on any atom is 0.124 e. The highest BCUT2D eigenvalue weighted by molar-refractivity contribution is 5.37. The summed E-state index contributed by atoms with van der Waals surface area (Å²) in [5.74, 6) is 1.91. The van der Waals surface area contributed by atoms with E-state index in [0.717, 1.165) is 37.8 Å². The molecule has 3 nitrogen and oxygen atoms in total. The summed E-state index contributed by atoms with van der Waals surface area (Å²) in [6.45, 7) is 7.74. The molecule has 1 N–H and O–H groups in total. The van der Waals surface area contributed by atoms with Gasteiger partial charge in [-0.1, -0.05) is 25.1 Å². The molecule has 0 saturated carbocycles. The van der Waals surface area contributed by atoms with Gasteiger partial charge in [-0.2, -0.15) is 0 Å². The Bertz CT molecular complexity index is 421. The van der Waals surface area contributed by atoms with E-state index in [1.807, 2.05) is 0 Å². The molecule has 2 aliphatic heterocycles. The Morgan fingerprint density at radius 3 is 3.11 bits per heavy atom. The first-order valence-electron chi connectivity index (χ1n) is 7.55. The molecule has 0 amide bonds. The summed E-state index contributed by atoms with van der Waals surface area (Å²) in [6.07, 6.45) is 2.46. The largest absolute Gasteiger partial charge is 0.493 e. The predicted octanol–water partition coefficient (Wildman–Crippen LogP) is 2.44. The van der Waals surface area contributed by atoms with Crippen molar-refractivity contribution in [1.29, 1.82) is 0 Å². The molecule has 2 atom stereocenters. The zero-order valence-electron chi connectivity index (χ0n) is 11.8. The van der Waals surface area contributed by atoms with Crippen molar-refractivity contribution < 1.29 is 4.74 Å². The normalized spacial score (nSPS) is 27.0. The standard InChI is InChI=1S/C16H24N2O/c1-2-17-11-13-7-9-18(12-13)15-8-10-19-16-6-4-3-5-14(15)16/h3-6,13,15,17H,2,7-12H2,1H3. The number of rotatable bonds is 4. The zero-order chi connectivity index (χ0) is 13.1. The van der Waals surface area contributed by atoms with Gasteiger partial charge >= 0.3 is 0 Å². The number of ether oxygens (including phenoxy) is 1. The highest BCUT2D eigenvalue weighted by atomic mass is 16.5. The second-order valence-electron chi connectivity index (χ2n) is 5.65. The maximum atomic E-state index is 5.77. The van der Waals surface area contributed by atoms with Gasteiger partial charge in [-0.25, -0.2) is 0 Å². The summed E-state index contributed by atoms with van der Waals surface area (Å²) in [6, 6.07) is 9.10. The zero-order valence-corrected chi connectivity index (χ0v) is 11.8. The minimum atomic E-state index is 0.566. The summed E-state index contributed by atoms with van der Waals surface area (Å²) in [7, 11) is 0. The number of hydrogen-bond acceptors (Lipinski definition) is 3. The van der Waals surface area contributed by atoms with Crippen LogP contribution in [0.4, 0.5) is 0 Å². The molecule has 0 bridgehead atoms. The molecule has 19 heavy (non-hydrogen) atoms. The van der Waals surface area contributed by atoms with Crippen molar-refractivity contribution in [1.82, 2.24) is 10.2 Å². The van der Waals surface area contributed by atoms with E-state index in [-0.39, 0.29) is 0 Å². The lowest BCUT2D eigenvalue weighted by atomic mass is 9.99. The van der Waals surface area contributed by atoms with E-state index in [1.165, 1.54) is 25.1 Å². The summed E-state index contributed by atoms with van der Waals surface area (Å²) < 4.78 is 5.77. The van der Waals surface area contributed by atoms with Crippen LogP contribution < -0.4 is 10.1 Å². The van der Waals surface area contributed by atoms with Gasteiger partial charge in [-0.05, 0) is 38.0 Å². The molecular formula is C16H24N2O. The number of nitrogens with zero attached hydrogens (tertiary/aromatic N) is 1. The Labute approximate surface area is 115 Å². The Morgan fingerprint density at radius 2 is 2.21 bits per heavy atom. The van der Waals surface area contributed by atoms with E-state index < -0.39 is 0 Å². The lowest BCUT2D eigenvalue weighted by Gasteiger charge is -2.33. The van der Waals surface area contributed by atoms with Crippen LogP contribution in [0.25, 0.3) is 0 Å². The molecule has 104 valence electrons. The van der Waals surface area contributed by atoms with E-state index in [0.29, 0.717) is 6.04 Å². The van der Waals surface area contributed by atoms with Crippen molar-refractivity contribution in [2.24, 2.45) is 5.92 Å². The highest BCUT2D eigenvalue weighted by Crippen LogP contribution is 2.37. The highest BCUT2D eigenvalue weighted by Gasteiger charge is 2.32. The number of likely N-dealkylation sites (tertiary alicyclic amines) is 1. The molecule has 0 spiro atoms. The molecule has 1 aromatic rings. The van der Waals surface area contributed by atoms with Crippen LogP contribution in [0.15, 0.2) is 24.3 Å². The second kappa shape index (κ2) is 5.93. The van der Waals surface area contributed by atoms with Crippen LogP contribution in [-0.2, 0) is 0 Å². The average Bonchev–Trinajstić information content (AvgIpc) is 2.93. The van der Waals surface area contributed by atoms with Crippen LogP contribution in [-0.4, -0.2) is 37.7 Å². The molecule has 2 unspecified atom stereocenters. The number of fused-ring (bicyclic) bond motifs is 1. The minimum Gasteiger partial charge on any atom is -0.493 e. The van der Waals surface area contributed by atoms with Gasteiger partial charge in [-0.3, -0.25) is 4.90 Å². The van der Waals surface area contributed by atoms with Crippen LogP contribution in [0.3, 0.4) is 0 Å². The first-order valence-corrected chi connectivity index (χ1v) is 7.55. The Kier molecular flexibility index (Phi) is 4.04. The molecule has 3 heteroatoms. The summed E-state index contributed by atoms with van der Waals surface area (Å²) in [5, 5.41) is 3.48. The Morgan fingerprint density at radius 1 is 1.32 bits per heavy atom. The maximum absolute atomic E-state index is 5.77. The number of nitrogens with one attached hydrogen (secondary N) is 1. The molecule has 2 heterocycles. The van der Waals surface area contributed by atoms with Crippen molar-refractivity contribution in [2.75, 3.05) is 32.8 Å². The predicted molar refractivity (Wildman–Crippen MR) is 77.5 cm³/mol. The second-order valence-corrected chi connectivity index (χ2v) is 5.65. The number of para-hydroxylation sites is 1. The fourth-order valence-electron chi connectivity index (χ4n) is 3.36. The van der Waals surface area contributed by atoms with Crippen molar-refractivity contribution in [2.45, 2.75) is 25.8 Å². The SMILES string of the molecule is CCNCC1CCN(C2CCOc3ccccc32)C1. The fraction of sp³-hybridized carbons (Fsp3) is 0.625. The minimum absolute atomic E-state index is 0.566. The smallest absolute Gasteiger partial charge is 0.124 e. The molecule has 0 aromatic heterocycles. The van der Waals surface area contributed by atoms with Crippen LogP contribution >= 0.6 is 0 Å². The van der Waals surface area contributed by atoms with Crippen LogP contribution in [0.5, 0.6) is 5.75 Å². The summed E-state index contributed by atoms with van der Waals surface area (Å²) in [5.41, 5.74) is 1.39. The van der Waals surface area contributed by atoms with Crippen LogP contribution in [0.2, 0.25) is 0 Å². The molecular weight excluding hydrogens is 236 g/mol. The quantitative estimate of drug-likeness (QED) is 0.900. The third-order valence-corrected chi connectivity index (χ3v) is 4.37. The van der Waals surface area contributed by atoms with Gasteiger partial charge in [-0.15, -0.1) is 0 Å². The van der Waals surface area contributed by atoms with Gasteiger partial charge in [0, 0.05) is 24.6 Å². The molecule has 1 fully saturated rings. The number of benzene rings is 1. The topological polar surface area (TPSA) is 24.5 Å². The average molecular weight is 260 g/mol. The first kappa shape index (κ1) is 12.9. The van der Waals surface area contributed by atoms with E-state index in [2.05, 4.69) is 41.4 Å². The lowest BCUT2D eigenvalue weighted by molar-refractivity contribution is 0.161. The Hall–Kier alpha value is -1.06. The number of hydrogen-bond donors (Lipinski definition) is 1. The first-order chi connectivity index (χ1) is 9.38. The molecule has 2 aliphatic rings. The lowest BCUT2D eigenvalue weighted by Crippen LogP contribution is -2.32. The van der Waals surface area contributed by atoms with Crippen molar-refractivity contribution >= 4 is 0 Å². The third-order valence-electron chi connectivity index (χ3n) is 4.37. The molecule has 0 radical (unpaired) electrons. The summed E-state index contributed by atoms with van der Waals surface area (Å²) >= 11 is 0. The van der Waals surface area contributed by atoms with Gasteiger partial charge in [0.05, 0.1) is 6.61 Å². The van der Waals surface area contributed by atoms with Crippen molar-refractivity contribution in [3.63, 3.8) is 0 Å². The Balaban J connectivity index is 1.68.